The minimum atomic E-state index is -5.09. The predicted octanol–water partition coefficient (Wildman–Crippen LogP) is 2.54. The van der Waals surface area contributed by atoms with Crippen LogP contribution in [0.5, 0.6) is 0 Å². The van der Waals surface area contributed by atoms with E-state index in [2.05, 4.69) is 4.18 Å². The largest absolute Gasteiger partial charge is 0.398 e. The average Bonchev–Trinajstić information content (AvgIpc) is 2.48. The highest BCUT2D eigenvalue weighted by atomic mass is 32.2. The van der Waals surface area contributed by atoms with Crippen molar-refractivity contribution in [1.82, 2.24) is 0 Å². The molecule has 0 radical (unpaired) electrons. The summed E-state index contributed by atoms with van der Waals surface area (Å²) in [5.41, 5.74) is 0. The Bertz CT molecular complexity index is 789. The van der Waals surface area contributed by atoms with Crippen molar-refractivity contribution >= 4 is 32.7 Å². The molecule has 0 aromatic heterocycles. The quantitative estimate of drug-likeness (QED) is 0.236. The topological polar surface area (TPSA) is 140 Å². The van der Waals surface area contributed by atoms with Crippen LogP contribution in [0.4, 0.5) is 8.78 Å². The van der Waals surface area contributed by atoms with E-state index in [1.54, 1.807) is 54.6 Å². The molecule has 3 atom stereocenters. The summed E-state index contributed by atoms with van der Waals surface area (Å²) < 4.78 is 67.5. The van der Waals surface area contributed by atoms with Crippen LogP contribution in [-0.2, 0) is 27.9 Å². The van der Waals surface area contributed by atoms with Crippen molar-refractivity contribution in [3.05, 3.63) is 0 Å². The van der Waals surface area contributed by atoms with E-state index < -0.39 is 66.9 Å². The molecular weight excluding hydrogens is 486 g/mol. The molecule has 0 heterocycles. The van der Waals surface area contributed by atoms with Crippen LogP contribution >= 0.6 is 0 Å². The highest BCUT2D eigenvalue weighted by molar-refractivity contribution is 7.86. The first-order valence-corrected chi connectivity index (χ1v) is 17.5. The Hall–Kier alpha value is -0.486. The summed E-state index contributed by atoms with van der Waals surface area (Å²) >= 11 is 0. The lowest BCUT2D eigenvalue weighted by molar-refractivity contribution is -0.340. The number of hydrogen-bond acceptors (Lipinski definition) is 9. The minimum absolute atomic E-state index is 0.362. The number of halogens is 2. The lowest BCUT2D eigenvalue weighted by Crippen LogP contribution is -2.70. The molecule has 0 aliphatic rings. The van der Waals surface area contributed by atoms with Gasteiger partial charge in [-0.25, -0.2) is 4.79 Å². The van der Waals surface area contributed by atoms with Crippen molar-refractivity contribution < 1.29 is 50.3 Å². The monoisotopic (exact) mass is 524 g/mol. The van der Waals surface area contributed by atoms with Crippen LogP contribution < -0.4 is 0 Å². The molecule has 0 amide bonds. The number of aliphatic hydroxyl groups excluding tert-OH is 2. The van der Waals surface area contributed by atoms with E-state index in [-0.39, 0.29) is 0 Å². The normalized spacial score (nSPS) is 18.6. The number of rotatable bonds is 9. The van der Waals surface area contributed by atoms with Crippen LogP contribution in [-0.4, -0.2) is 76.7 Å². The Morgan fingerprint density at radius 3 is 1.59 bits per heavy atom. The summed E-state index contributed by atoms with van der Waals surface area (Å²) in [5, 5.41) is 30.7. The number of carbonyl (C=O) groups is 1. The predicted molar refractivity (Wildman–Crippen MR) is 119 cm³/mol. The Morgan fingerprint density at radius 2 is 1.28 bits per heavy atom. The molecule has 9 nitrogen and oxygen atoms in total. The molecule has 0 aromatic rings. The molecule has 14 heteroatoms. The summed E-state index contributed by atoms with van der Waals surface area (Å²) in [5.74, 6) is -11.8. The van der Waals surface area contributed by atoms with Crippen molar-refractivity contribution in [2.45, 2.75) is 102 Å². The zero-order valence-electron chi connectivity index (χ0n) is 20.6. The Balaban J connectivity index is 6.54. The molecule has 0 aromatic carbocycles. The van der Waals surface area contributed by atoms with Crippen LogP contribution in [0.2, 0.25) is 36.3 Å². The van der Waals surface area contributed by atoms with Crippen LogP contribution in [0.3, 0.4) is 0 Å². The van der Waals surface area contributed by atoms with Crippen molar-refractivity contribution in [3.8, 4) is 0 Å². The summed E-state index contributed by atoms with van der Waals surface area (Å²) in [6.07, 6.45) is -4.88. The molecule has 0 spiro atoms. The molecule has 0 saturated carbocycles. The van der Waals surface area contributed by atoms with Gasteiger partial charge in [-0.05, 0) is 36.3 Å². The van der Waals surface area contributed by atoms with Crippen LogP contribution in [0.25, 0.3) is 0 Å². The summed E-state index contributed by atoms with van der Waals surface area (Å²) in [4.78, 5) is 12.0. The van der Waals surface area contributed by atoms with Crippen molar-refractivity contribution in [2.24, 2.45) is 0 Å². The zero-order valence-corrected chi connectivity index (χ0v) is 23.4. The highest BCUT2D eigenvalue weighted by Gasteiger charge is 2.69. The minimum Gasteiger partial charge on any atom is -0.390 e. The maximum atomic E-state index is 15.2. The molecular formula is C18H38F2O9SSi2. The lowest BCUT2D eigenvalue weighted by Gasteiger charge is -2.48. The molecule has 0 saturated heterocycles. The van der Waals surface area contributed by atoms with E-state index in [1.807, 2.05) is 0 Å². The lowest BCUT2D eigenvalue weighted by atomic mass is 10.0. The average molecular weight is 525 g/mol. The van der Waals surface area contributed by atoms with Gasteiger partial charge in [-0.15, -0.1) is 0 Å². The van der Waals surface area contributed by atoms with Gasteiger partial charge in [0.05, 0.1) is 6.26 Å². The second-order valence-electron chi connectivity index (χ2n) is 10.9. The van der Waals surface area contributed by atoms with Gasteiger partial charge in [0.2, 0.25) is 0 Å². The smallest absolute Gasteiger partial charge is 0.390 e. The molecule has 0 fully saturated rings. The van der Waals surface area contributed by atoms with Crippen molar-refractivity contribution in [1.29, 1.82) is 0 Å². The Labute approximate surface area is 191 Å². The third-order valence-electron chi connectivity index (χ3n) is 6.04. The summed E-state index contributed by atoms with van der Waals surface area (Å²) in [6, 6.07) is 0. The molecule has 0 rings (SSSR count). The molecule has 0 bridgehead atoms. The van der Waals surface area contributed by atoms with E-state index in [0.29, 0.717) is 6.26 Å². The van der Waals surface area contributed by atoms with E-state index in [0.717, 1.165) is 0 Å². The first-order chi connectivity index (χ1) is 13.6. The maximum absolute atomic E-state index is 15.2. The van der Waals surface area contributed by atoms with E-state index in [1.165, 1.54) is 13.1 Å². The molecule has 3 N–H and O–H groups in total. The molecule has 0 aliphatic heterocycles. The van der Waals surface area contributed by atoms with Gasteiger partial charge in [0, 0.05) is 0 Å². The van der Waals surface area contributed by atoms with Gasteiger partial charge in [-0.2, -0.15) is 17.2 Å². The second kappa shape index (κ2) is 9.28. The fraction of sp³-hybridized carbons (Fsp3) is 0.944. The number of carbonyl (C=O) groups excluding carboxylic acids is 1. The molecule has 1 unspecified atom stereocenters. The molecule has 192 valence electrons. The first-order valence-electron chi connectivity index (χ1n) is 9.90. The Kier molecular flexibility index (Phi) is 9.14. The first kappa shape index (κ1) is 31.5. The maximum Gasteiger partial charge on any atom is 0.398 e. The van der Waals surface area contributed by atoms with Gasteiger partial charge in [-0.1, -0.05) is 41.5 Å². The van der Waals surface area contributed by atoms with Gasteiger partial charge in [0.1, 0.15) is 0 Å². The fourth-order valence-electron chi connectivity index (χ4n) is 1.92. The second-order valence-corrected chi connectivity index (χ2v) is 22.0. The standard InChI is InChI=1S/C18H38F2O9SSi2/c1-15(2,3)31(8,9)28-13(22)12(21)18(24,29-32(10,11)16(4,5)6)17(19,20)14(23)27-30(7,25)26/h12-13,21-22,24H,1-11H3/t12-,13?,18-/m1/s1. The van der Waals surface area contributed by atoms with E-state index >= 15 is 8.78 Å². The third-order valence-corrected chi connectivity index (χ3v) is 15.4. The van der Waals surface area contributed by atoms with Crippen LogP contribution in [0, 0.1) is 0 Å². The Morgan fingerprint density at radius 1 is 0.906 bits per heavy atom. The van der Waals surface area contributed by atoms with Gasteiger partial charge in [0.25, 0.3) is 5.79 Å². The summed E-state index contributed by atoms with van der Waals surface area (Å²) in [7, 11) is -10.9. The van der Waals surface area contributed by atoms with Gasteiger partial charge >= 0.3 is 22.0 Å². The SMILES string of the molecule is CC(C)(C)[Si](C)(C)OC(O)[C@@H](O)[C@@](O)(O[Si](C)(C)C(C)(C)C)C(F)(F)C(=O)OS(C)(=O)=O. The molecule has 32 heavy (non-hydrogen) atoms. The van der Waals surface area contributed by atoms with Gasteiger partial charge in [0.15, 0.2) is 29.0 Å². The number of aliphatic hydroxyl groups is 3. The van der Waals surface area contributed by atoms with Crippen LogP contribution in [0.15, 0.2) is 0 Å². The van der Waals surface area contributed by atoms with Crippen molar-refractivity contribution in [3.63, 3.8) is 0 Å². The third kappa shape index (κ3) is 7.01. The van der Waals surface area contributed by atoms with E-state index in [4.69, 9.17) is 8.85 Å². The van der Waals surface area contributed by atoms with Gasteiger partial charge < -0.3 is 28.4 Å². The number of hydrogen-bond donors (Lipinski definition) is 3. The highest BCUT2D eigenvalue weighted by Crippen LogP contribution is 2.45. The van der Waals surface area contributed by atoms with Crippen LogP contribution in [0.1, 0.15) is 41.5 Å². The summed E-state index contributed by atoms with van der Waals surface area (Å²) in [6.45, 7) is 16.5. The van der Waals surface area contributed by atoms with Gasteiger partial charge in [-0.3, -0.25) is 0 Å². The van der Waals surface area contributed by atoms with E-state index in [9.17, 15) is 28.5 Å². The van der Waals surface area contributed by atoms with Crippen molar-refractivity contribution in [2.75, 3.05) is 6.26 Å². The fourth-order valence-corrected chi connectivity index (χ4v) is 4.72. The zero-order chi connectivity index (χ0) is 26.4. The number of alkyl halides is 2. The molecule has 0 aliphatic carbocycles.